The van der Waals surface area contributed by atoms with Crippen LogP contribution in [0.3, 0.4) is 0 Å². The molecule has 1 aromatic carbocycles. The molecule has 0 spiro atoms. The van der Waals surface area contributed by atoms with Gasteiger partial charge in [-0.1, -0.05) is 6.92 Å². The highest BCUT2D eigenvalue weighted by Gasteiger charge is 2.45. The summed E-state index contributed by atoms with van der Waals surface area (Å²) in [5.74, 6) is -2.44. The molecule has 3 saturated heterocycles. The van der Waals surface area contributed by atoms with Crippen molar-refractivity contribution in [2.75, 3.05) is 49.1 Å². The highest BCUT2D eigenvalue weighted by atomic mass is 16.2. The van der Waals surface area contributed by atoms with Gasteiger partial charge in [0.25, 0.3) is 23.3 Å². The van der Waals surface area contributed by atoms with Gasteiger partial charge in [0.2, 0.25) is 11.8 Å². The highest BCUT2D eigenvalue weighted by molar-refractivity contribution is 6.23. The third-order valence-electron chi connectivity index (χ3n) is 10.3. The van der Waals surface area contributed by atoms with Crippen molar-refractivity contribution in [1.82, 2.24) is 35.4 Å². The second-order valence-corrected chi connectivity index (χ2v) is 13.7. The number of carbonyl (C=O) groups excluding carboxylic acids is 5. The van der Waals surface area contributed by atoms with Crippen molar-refractivity contribution >= 4 is 51.9 Å². The maximum Gasteiger partial charge on any atom is 0.270 e. The van der Waals surface area contributed by atoms with E-state index >= 15 is 0 Å². The van der Waals surface area contributed by atoms with Crippen LogP contribution in [0.1, 0.15) is 62.1 Å². The van der Waals surface area contributed by atoms with Crippen molar-refractivity contribution in [3.63, 3.8) is 0 Å². The summed E-state index contributed by atoms with van der Waals surface area (Å²) in [6.45, 7) is 7.01. The molecule has 0 aliphatic carbocycles. The normalized spacial score (nSPS) is 19.6. The summed E-state index contributed by atoms with van der Waals surface area (Å²) in [5, 5.41) is 5.22. The lowest BCUT2D eigenvalue weighted by molar-refractivity contribution is -0.136. The molecule has 3 fully saturated rings. The molecule has 5 amide bonds. The van der Waals surface area contributed by atoms with E-state index in [9.17, 15) is 28.8 Å². The molecule has 8 rings (SSSR count). The highest BCUT2D eigenvalue weighted by Crippen LogP contribution is 2.32. The second-order valence-electron chi connectivity index (χ2n) is 13.7. The number of carbonyl (C=O) groups is 5. The number of aromatic nitrogens is 3. The molecule has 15 heteroatoms. The Morgan fingerprint density at radius 2 is 1.63 bits per heavy atom. The number of benzene rings is 1. The van der Waals surface area contributed by atoms with Crippen molar-refractivity contribution in [3.05, 3.63) is 93.2 Å². The molecule has 3 N–H and O–H groups in total. The van der Waals surface area contributed by atoms with E-state index in [1.807, 2.05) is 36.2 Å². The lowest BCUT2D eigenvalue weighted by Crippen LogP contribution is -2.59. The standard InChI is InChI=1S/C37H37N9O6/c1-2-22-14-29-30(41-33(22)48)13-21(16-38-29)18-43-9-11-44(12-10-43)25-4-6-28(39-17-25)34(49)40-23-19-45(20-23)24-3-5-26-27(15-24)37(52)46(36(26)51)31-7-8-32(47)42-35(31)50/h3-6,13-17,23,31H,2,7-12,18-20H2,1H3,(H,40,49)(H,41,48)(H,42,47,50)/t31-/m1/s1. The van der Waals surface area contributed by atoms with Crippen LogP contribution < -0.4 is 26.0 Å². The number of piperidine rings is 1. The predicted octanol–water partition coefficient (Wildman–Crippen LogP) is 1.22. The first-order valence-electron chi connectivity index (χ1n) is 17.5. The number of imide groups is 2. The van der Waals surface area contributed by atoms with Crippen molar-refractivity contribution < 1.29 is 24.0 Å². The molecule has 266 valence electrons. The lowest BCUT2D eigenvalue weighted by atomic mass is 10.0. The maximum absolute atomic E-state index is 13.2. The van der Waals surface area contributed by atoms with Crippen LogP contribution in [0.5, 0.6) is 0 Å². The van der Waals surface area contributed by atoms with Crippen molar-refractivity contribution in [2.24, 2.45) is 0 Å². The number of aryl methyl sites for hydroxylation is 1. The van der Waals surface area contributed by atoms with Gasteiger partial charge in [-0.2, -0.15) is 0 Å². The molecule has 4 aliphatic heterocycles. The van der Waals surface area contributed by atoms with E-state index in [1.54, 1.807) is 30.5 Å². The van der Waals surface area contributed by atoms with Gasteiger partial charge in [0, 0.05) is 69.7 Å². The molecule has 0 bridgehead atoms. The van der Waals surface area contributed by atoms with Crippen molar-refractivity contribution in [1.29, 1.82) is 0 Å². The van der Waals surface area contributed by atoms with E-state index < -0.39 is 29.7 Å². The van der Waals surface area contributed by atoms with Gasteiger partial charge < -0.3 is 20.1 Å². The summed E-state index contributed by atoms with van der Waals surface area (Å²) in [6.07, 6.45) is 4.43. The zero-order valence-corrected chi connectivity index (χ0v) is 28.6. The number of H-pyrrole nitrogens is 1. The molecule has 7 heterocycles. The largest absolute Gasteiger partial charge is 0.368 e. The fraction of sp³-hybridized carbons (Fsp3) is 0.351. The summed E-state index contributed by atoms with van der Waals surface area (Å²) in [7, 11) is 0. The quantitative estimate of drug-likeness (QED) is 0.225. The molecule has 0 radical (unpaired) electrons. The number of anilines is 2. The van der Waals surface area contributed by atoms with Crippen LogP contribution in [0.2, 0.25) is 0 Å². The van der Waals surface area contributed by atoms with Crippen molar-refractivity contribution in [2.45, 2.75) is 44.8 Å². The first kappa shape index (κ1) is 33.2. The van der Waals surface area contributed by atoms with Crippen molar-refractivity contribution in [3.8, 4) is 0 Å². The molecule has 52 heavy (non-hydrogen) atoms. The van der Waals surface area contributed by atoms with Crippen LogP contribution in [0.15, 0.2) is 59.7 Å². The third kappa shape index (κ3) is 6.16. The minimum absolute atomic E-state index is 0.0612. The summed E-state index contributed by atoms with van der Waals surface area (Å²) in [6, 6.07) is 11.3. The van der Waals surface area contributed by atoms with Crippen LogP contribution in [0.25, 0.3) is 11.0 Å². The summed E-state index contributed by atoms with van der Waals surface area (Å²) in [5.41, 5.74) is 5.70. The van der Waals surface area contributed by atoms with E-state index in [4.69, 9.17) is 0 Å². The summed E-state index contributed by atoms with van der Waals surface area (Å²) < 4.78 is 0. The van der Waals surface area contributed by atoms with Gasteiger partial charge in [-0.15, -0.1) is 0 Å². The molecule has 15 nitrogen and oxygen atoms in total. The Bertz CT molecular complexity index is 2190. The number of aromatic amines is 1. The van der Waals surface area contributed by atoms with Gasteiger partial charge >= 0.3 is 0 Å². The second kappa shape index (κ2) is 13.3. The molecule has 4 aromatic rings. The fourth-order valence-electron chi connectivity index (χ4n) is 7.34. The van der Waals surface area contributed by atoms with Crippen LogP contribution in [-0.4, -0.2) is 106 Å². The Morgan fingerprint density at radius 1 is 0.865 bits per heavy atom. The Balaban J connectivity index is 0.814. The Morgan fingerprint density at radius 3 is 2.37 bits per heavy atom. The average molecular weight is 704 g/mol. The average Bonchev–Trinajstić information content (AvgIpc) is 3.37. The number of fused-ring (bicyclic) bond motifs is 2. The number of hydrogen-bond acceptors (Lipinski definition) is 11. The zero-order chi connectivity index (χ0) is 36.1. The number of nitrogens with one attached hydrogen (secondary N) is 3. The van der Waals surface area contributed by atoms with Crippen LogP contribution in [-0.2, 0) is 22.6 Å². The van der Waals surface area contributed by atoms with Gasteiger partial charge in [-0.05, 0) is 60.9 Å². The first-order valence-corrected chi connectivity index (χ1v) is 17.5. The molecular formula is C37H37N9O6. The predicted molar refractivity (Wildman–Crippen MR) is 190 cm³/mol. The summed E-state index contributed by atoms with van der Waals surface area (Å²) >= 11 is 0. The van der Waals surface area contributed by atoms with Crippen LogP contribution >= 0.6 is 0 Å². The van der Waals surface area contributed by atoms with Gasteiger partial charge in [-0.25, -0.2) is 4.98 Å². The van der Waals surface area contributed by atoms with E-state index in [0.29, 0.717) is 25.2 Å². The fourth-order valence-corrected chi connectivity index (χ4v) is 7.34. The minimum Gasteiger partial charge on any atom is -0.368 e. The molecule has 3 aromatic heterocycles. The number of amides is 5. The number of hydrogen-bond donors (Lipinski definition) is 3. The maximum atomic E-state index is 13.2. The molecular weight excluding hydrogens is 666 g/mol. The number of pyridine rings is 3. The zero-order valence-electron chi connectivity index (χ0n) is 28.6. The first-order chi connectivity index (χ1) is 25.1. The smallest absolute Gasteiger partial charge is 0.270 e. The van der Waals surface area contributed by atoms with Gasteiger partial charge in [-0.3, -0.25) is 48.9 Å². The van der Waals surface area contributed by atoms with Gasteiger partial charge in [0.1, 0.15) is 11.7 Å². The molecule has 0 saturated carbocycles. The van der Waals surface area contributed by atoms with Gasteiger partial charge in [0.15, 0.2) is 0 Å². The Hall–Kier alpha value is -5.96. The summed E-state index contributed by atoms with van der Waals surface area (Å²) in [4.78, 5) is 94.9. The third-order valence-corrected chi connectivity index (χ3v) is 10.3. The van der Waals surface area contributed by atoms with Gasteiger partial charge in [0.05, 0.1) is 40.1 Å². The van der Waals surface area contributed by atoms with Crippen LogP contribution in [0, 0.1) is 0 Å². The Kier molecular flexibility index (Phi) is 8.49. The van der Waals surface area contributed by atoms with E-state index in [1.165, 1.54) is 0 Å². The molecule has 4 aliphatic rings. The Labute approximate surface area is 298 Å². The van der Waals surface area contributed by atoms with E-state index in [-0.39, 0.29) is 41.5 Å². The SMILES string of the molecule is CCc1cc2ncc(CN3CCN(c4ccc(C(=O)NC5CN(c6ccc7c(c6)C(=O)N([C@@H]6CCC(=O)NC6=O)C7=O)C5)nc4)CC3)cc2[nH]c1=O. The van der Waals surface area contributed by atoms with E-state index in [0.717, 1.165) is 71.2 Å². The monoisotopic (exact) mass is 703 g/mol. The topological polar surface area (TPSA) is 181 Å². The van der Waals surface area contributed by atoms with E-state index in [2.05, 4.69) is 35.4 Å². The van der Waals surface area contributed by atoms with Crippen LogP contribution in [0.4, 0.5) is 11.4 Å². The molecule has 1 atom stereocenters. The molecule has 0 unspecified atom stereocenters. The number of rotatable bonds is 8. The number of piperazine rings is 1. The number of nitrogens with zero attached hydrogens (tertiary/aromatic N) is 6. The minimum atomic E-state index is -1.01. The lowest BCUT2D eigenvalue weighted by Gasteiger charge is -2.41.